The molecule has 2 nitrogen and oxygen atoms in total. The van der Waals surface area contributed by atoms with Gasteiger partial charge in [-0.1, -0.05) is 24.4 Å². The van der Waals surface area contributed by atoms with E-state index in [0.717, 1.165) is 0 Å². The van der Waals surface area contributed by atoms with Crippen LogP contribution in [0.15, 0.2) is 18.2 Å². The van der Waals surface area contributed by atoms with Crippen molar-refractivity contribution in [2.45, 2.75) is 13.5 Å². The van der Waals surface area contributed by atoms with Crippen LogP contribution in [0.3, 0.4) is 0 Å². The van der Waals surface area contributed by atoms with Crippen molar-refractivity contribution in [3.05, 3.63) is 35.1 Å². The highest BCUT2D eigenvalue weighted by Crippen LogP contribution is 2.11. The Labute approximate surface area is 87.9 Å². The number of nitrogens with two attached hydrogens (primary N) is 1. The third-order valence-electron chi connectivity index (χ3n) is 1.80. The second-order valence-corrected chi connectivity index (χ2v) is 3.25. The van der Waals surface area contributed by atoms with Crippen LogP contribution in [0.1, 0.15) is 18.1 Å². The minimum atomic E-state index is -0.330. The summed E-state index contributed by atoms with van der Waals surface area (Å²) < 4.78 is 18.4. The maximum atomic E-state index is 13.3. The third kappa shape index (κ3) is 2.75. The third-order valence-corrected chi connectivity index (χ3v) is 2.03. The fourth-order valence-corrected chi connectivity index (χ4v) is 1.16. The van der Waals surface area contributed by atoms with Gasteiger partial charge in [0.15, 0.2) is 0 Å². The Hall–Kier alpha value is -1.00. The van der Waals surface area contributed by atoms with E-state index in [1.807, 2.05) is 6.92 Å². The predicted molar refractivity (Wildman–Crippen MR) is 57.6 cm³/mol. The molecule has 0 spiro atoms. The zero-order valence-corrected chi connectivity index (χ0v) is 8.73. The van der Waals surface area contributed by atoms with E-state index in [9.17, 15) is 4.39 Å². The molecule has 2 N–H and O–H groups in total. The van der Waals surface area contributed by atoms with Crippen molar-refractivity contribution in [2.75, 3.05) is 6.61 Å². The molecule has 1 rings (SSSR count). The zero-order chi connectivity index (χ0) is 10.6. The monoisotopic (exact) mass is 213 g/mol. The summed E-state index contributed by atoms with van der Waals surface area (Å²) in [5, 5.41) is 0. The number of ether oxygens (including phenoxy) is 1. The summed E-state index contributed by atoms with van der Waals surface area (Å²) in [4.78, 5) is 0.201. The lowest BCUT2D eigenvalue weighted by Gasteiger charge is -2.05. The van der Waals surface area contributed by atoms with Crippen molar-refractivity contribution >= 4 is 17.2 Å². The van der Waals surface area contributed by atoms with Crippen molar-refractivity contribution in [1.29, 1.82) is 0 Å². The molecular formula is C10H12FNOS. The molecule has 0 saturated carbocycles. The zero-order valence-electron chi connectivity index (χ0n) is 7.92. The molecule has 0 heterocycles. The van der Waals surface area contributed by atoms with Crippen LogP contribution in [0.25, 0.3) is 0 Å². The molecule has 76 valence electrons. The number of thiocarbonyl (C=S) groups is 1. The van der Waals surface area contributed by atoms with Gasteiger partial charge >= 0.3 is 0 Å². The van der Waals surface area contributed by atoms with Crippen LogP contribution in [-0.2, 0) is 11.3 Å². The molecule has 0 bridgehead atoms. The molecule has 14 heavy (non-hydrogen) atoms. The molecule has 1 aromatic rings. The lowest BCUT2D eigenvalue weighted by molar-refractivity contribution is 0.131. The number of rotatable bonds is 4. The molecule has 0 aliphatic rings. The lowest BCUT2D eigenvalue weighted by Crippen LogP contribution is -2.10. The van der Waals surface area contributed by atoms with E-state index in [-0.39, 0.29) is 17.4 Å². The van der Waals surface area contributed by atoms with Gasteiger partial charge in [-0.05, 0) is 13.0 Å². The molecule has 0 atom stereocenters. The maximum Gasteiger partial charge on any atom is 0.129 e. The van der Waals surface area contributed by atoms with Gasteiger partial charge in [0.1, 0.15) is 10.8 Å². The SMILES string of the molecule is CCOCc1ccc(C(N)=S)cc1F. The van der Waals surface area contributed by atoms with Crippen LogP contribution < -0.4 is 5.73 Å². The van der Waals surface area contributed by atoms with Gasteiger partial charge in [0.2, 0.25) is 0 Å². The smallest absolute Gasteiger partial charge is 0.129 e. The number of hydrogen-bond acceptors (Lipinski definition) is 2. The van der Waals surface area contributed by atoms with Gasteiger partial charge in [-0.15, -0.1) is 0 Å². The molecule has 0 aliphatic heterocycles. The van der Waals surface area contributed by atoms with Gasteiger partial charge in [-0.2, -0.15) is 0 Å². The molecule has 0 fully saturated rings. The minimum Gasteiger partial charge on any atom is -0.389 e. The first-order valence-corrected chi connectivity index (χ1v) is 4.72. The highest BCUT2D eigenvalue weighted by molar-refractivity contribution is 7.80. The molecule has 0 aliphatic carbocycles. The summed E-state index contributed by atoms with van der Waals surface area (Å²) in [5.41, 5.74) is 6.43. The summed E-state index contributed by atoms with van der Waals surface area (Å²) in [6.07, 6.45) is 0. The van der Waals surface area contributed by atoms with Crippen molar-refractivity contribution in [1.82, 2.24) is 0 Å². The van der Waals surface area contributed by atoms with Crippen LogP contribution in [-0.4, -0.2) is 11.6 Å². The largest absolute Gasteiger partial charge is 0.389 e. The Balaban J connectivity index is 2.84. The van der Waals surface area contributed by atoms with E-state index in [0.29, 0.717) is 17.7 Å². The van der Waals surface area contributed by atoms with Crippen LogP contribution in [0.4, 0.5) is 4.39 Å². The normalized spacial score (nSPS) is 10.1. The number of hydrogen-bond donors (Lipinski definition) is 1. The fourth-order valence-electron chi connectivity index (χ4n) is 1.03. The molecule has 0 aromatic heterocycles. The molecule has 0 radical (unpaired) electrons. The van der Waals surface area contributed by atoms with E-state index >= 15 is 0 Å². The molecule has 4 heteroatoms. The van der Waals surface area contributed by atoms with Crippen LogP contribution in [0.2, 0.25) is 0 Å². The van der Waals surface area contributed by atoms with Crippen molar-refractivity contribution in [2.24, 2.45) is 5.73 Å². The molecule has 0 saturated heterocycles. The number of halogens is 1. The molecule has 0 unspecified atom stereocenters. The summed E-state index contributed by atoms with van der Waals surface area (Å²) in [6, 6.07) is 4.66. The van der Waals surface area contributed by atoms with Crippen molar-refractivity contribution < 1.29 is 9.13 Å². The average Bonchev–Trinajstić information content (AvgIpc) is 2.15. The van der Waals surface area contributed by atoms with E-state index in [4.69, 9.17) is 22.7 Å². The van der Waals surface area contributed by atoms with Crippen LogP contribution in [0.5, 0.6) is 0 Å². The fraction of sp³-hybridized carbons (Fsp3) is 0.300. The van der Waals surface area contributed by atoms with E-state index < -0.39 is 0 Å². The second-order valence-electron chi connectivity index (χ2n) is 2.81. The van der Waals surface area contributed by atoms with E-state index in [1.165, 1.54) is 6.07 Å². The van der Waals surface area contributed by atoms with E-state index in [2.05, 4.69) is 0 Å². The first-order valence-electron chi connectivity index (χ1n) is 4.31. The quantitative estimate of drug-likeness (QED) is 0.777. The predicted octanol–water partition coefficient (Wildman–Crippen LogP) is 2.00. The first kappa shape index (κ1) is 11.1. The van der Waals surface area contributed by atoms with Crippen LogP contribution >= 0.6 is 12.2 Å². The van der Waals surface area contributed by atoms with Crippen molar-refractivity contribution in [3.63, 3.8) is 0 Å². The maximum absolute atomic E-state index is 13.3. The van der Waals surface area contributed by atoms with Gasteiger partial charge in [-0.3, -0.25) is 0 Å². The molecular weight excluding hydrogens is 201 g/mol. The van der Waals surface area contributed by atoms with Crippen molar-refractivity contribution in [3.8, 4) is 0 Å². The van der Waals surface area contributed by atoms with Gasteiger partial charge < -0.3 is 10.5 Å². The Morgan fingerprint density at radius 3 is 2.79 bits per heavy atom. The highest BCUT2D eigenvalue weighted by Gasteiger charge is 2.04. The Morgan fingerprint density at radius 1 is 1.57 bits per heavy atom. The Kier molecular flexibility index (Phi) is 3.98. The molecule has 0 amide bonds. The molecule has 1 aromatic carbocycles. The first-order chi connectivity index (χ1) is 6.65. The van der Waals surface area contributed by atoms with Gasteiger partial charge in [-0.25, -0.2) is 4.39 Å². The van der Waals surface area contributed by atoms with Gasteiger partial charge in [0, 0.05) is 17.7 Å². The minimum absolute atomic E-state index is 0.201. The summed E-state index contributed by atoms with van der Waals surface area (Å²) in [7, 11) is 0. The number of benzene rings is 1. The summed E-state index contributed by atoms with van der Waals surface area (Å²) in [5.74, 6) is -0.330. The Bertz CT molecular complexity index is 341. The second kappa shape index (κ2) is 5.02. The van der Waals surface area contributed by atoms with Crippen LogP contribution in [0, 0.1) is 5.82 Å². The highest BCUT2D eigenvalue weighted by atomic mass is 32.1. The van der Waals surface area contributed by atoms with E-state index in [1.54, 1.807) is 12.1 Å². The topological polar surface area (TPSA) is 35.2 Å². The van der Waals surface area contributed by atoms with Gasteiger partial charge in [0.25, 0.3) is 0 Å². The van der Waals surface area contributed by atoms with Gasteiger partial charge in [0.05, 0.1) is 6.61 Å². The summed E-state index contributed by atoms with van der Waals surface area (Å²) >= 11 is 4.73. The lowest BCUT2D eigenvalue weighted by atomic mass is 10.1. The Morgan fingerprint density at radius 2 is 2.29 bits per heavy atom. The summed E-state index contributed by atoms with van der Waals surface area (Å²) in [6.45, 7) is 2.71. The average molecular weight is 213 g/mol. The standard InChI is InChI=1S/C10H12FNOS/c1-2-13-6-8-4-3-7(10(12)14)5-9(8)11/h3-5H,2,6H2,1H3,(H2,12,14).